The third-order valence-corrected chi connectivity index (χ3v) is 5.95. The van der Waals surface area contributed by atoms with E-state index in [1.54, 1.807) is 0 Å². The van der Waals surface area contributed by atoms with E-state index in [-0.39, 0.29) is 6.10 Å². The lowest BCUT2D eigenvalue weighted by Crippen LogP contribution is -2.36. The fourth-order valence-electron chi connectivity index (χ4n) is 3.53. The highest BCUT2D eigenvalue weighted by Crippen LogP contribution is 2.40. The quantitative estimate of drug-likeness (QED) is 0.137. The molecular formula is C25H26I2O2. The van der Waals surface area contributed by atoms with Gasteiger partial charge < -0.3 is 9.47 Å². The van der Waals surface area contributed by atoms with Gasteiger partial charge in [0, 0.05) is 8.86 Å². The molecule has 0 spiro atoms. The molecule has 0 unspecified atom stereocenters. The van der Waals surface area contributed by atoms with Gasteiger partial charge in [-0.1, -0.05) is 136 Å². The molecule has 0 amide bonds. The van der Waals surface area contributed by atoms with Crippen LogP contribution in [0.5, 0.6) is 0 Å². The molecule has 3 rings (SSSR count). The second-order valence-corrected chi connectivity index (χ2v) is 8.91. The van der Waals surface area contributed by atoms with Crippen LogP contribution in [0.1, 0.15) is 23.1 Å². The Morgan fingerprint density at radius 2 is 1.10 bits per heavy atom. The van der Waals surface area contributed by atoms with E-state index < -0.39 is 5.60 Å². The molecule has 0 aromatic heterocycles. The molecule has 4 heteroatoms. The number of ether oxygens (including phenoxy) is 2. The van der Waals surface area contributed by atoms with Crippen molar-refractivity contribution in [2.45, 2.75) is 18.1 Å². The maximum Gasteiger partial charge on any atom is 0.143 e. The maximum absolute atomic E-state index is 6.87. The summed E-state index contributed by atoms with van der Waals surface area (Å²) in [5.41, 5.74) is 2.69. The van der Waals surface area contributed by atoms with Crippen molar-refractivity contribution < 1.29 is 9.47 Å². The average Bonchev–Trinajstić information content (AvgIpc) is 2.80. The Morgan fingerprint density at radius 3 is 1.48 bits per heavy atom. The van der Waals surface area contributed by atoms with Gasteiger partial charge >= 0.3 is 0 Å². The van der Waals surface area contributed by atoms with E-state index in [0.29, 0.717) is 6.61 Å². The van der Waals surface area contributed by atoms with E-state index in [1.165, 1.54) is 0 Å². The Labute approximate surface area is 201 Å². The van der Waals surface area contributed by atoms with Gasteiger partial charge in [0.15, 0.2) is 0 Å². The predicted molar refractivity (Wildman–Crippen MR) is 137 cm³/mol. The highest BCUT2D eigenvalue weighted by molar-refractivity contribution is 14.1. The first-order valence-electron chi connectivity index (χ1n) is 9.85. The number of hydrogen-bond acceptors (Lipinski definition) is 2. The fourth-order valence-corrected chi connectivity index (χ4v) is 4.48. The number of rotatable bonds is 11. The van der Waals surface area contributed by atoms with Crippen molar-refractivity contribution in [3.8, 4) is 0 Å². The van der Waals surface area contributed by atoms with Gasteiger partial charge in [-0.25, -0.2) is 0 Å². The predicted octanol–water partition coefficient (Wildman–Crippen LogP) is 6.64. The van der Waals surface area contributed by atoms with E-state index in [4.69, 9.17) is 9.47 Å². The second kappa shape index (κ2) is 12.0. The molecule has 2 nitrogen and oxygen atoms in total. The van der Waals surface area contributed by atoms with Crippen LogP contribution in [0.3, 0.4) is 0 Å². The van der Waals surface area contributed by atoms with Crippen LogP contribution in [0.2, 0.25) is 0 Å². The monoisotopic (exact) mass is 612 g/mol. The molecule has 3 aromatic rings. The zero-order valence-electron chi connectivity index (χ0n) is 16.3. The van der Waals surface area contributed by atoms with E-state index in [9.17, 15) is 0 Å². The van der Waals surface area contributed by atoms with Gasteiger partial charge in [0.2, 0.25) is 0 Å². The summed E-state index contributed by atoms with van der Waals surface area (Å²) in [6.07, 6.45) is 1.06. The molecule has 152 valence electrons. The lowest BCUT2D eigenvalue weighted by molar-refractivity contribution is -0.0616. The van der Waals surface area contributed by atoms with Crippen LogP contribution in [0.15, 0.2) is 91.0 Å². The molecule has 0 radical (unpaired) electrons. The highest BCUT2D eigenvalue weighted by Gasteiger charge is 2.38. The van der Waals surface area contributed by atoms with Crippen molar-refractivity contribution in [2.24, 2.45) is 0 Å². The molecule has 0 bridgehead atoms. The van der Waals surface area contributed by atoms with Crippen LogP contribution < -0.4 is 0 Å². The van der Waals surface area contributed by atoms with Gasteiger partial charge in [-0.15, -0.1) is 0 Å². The minimum Gasteiger partial charge on any atom is -0.375 e. The molecular weight excluding hydrogens is 586 g/mol. The Balaban J connectivity index is 2.07. The van der Waals surface area contributed by atoms with Crippen LogP contribution >= 0.6 is 45.2 Å². The lowest BCUT2D eigenvalue weighted by Gasteiger charge is -2.37. The van der Waals surface area contributed by atoms with Crippen LogP contribution in [0.25, 0.3) is 0 Å². The first kappa shape index (κ1) is 22.7. The van der Waals surface area contributed by atoms with Crippen molar-refractivity contribution in [1.82, 2.24) is 0 Å². The third-order valence-electron chi connectivity index (χ3n) is 4.89. The average molecular weight is 612 g/mol. The second-order valence-electron chi connectivity index (χ2n) is 6.75. The Morgan fingerprint density at radius 1 is 0.655 bits per heavy atom. The van der Waals surface area contributed by atoms with Gasteiger partial charge in [0.05, 0.1) is 19.3 Å². The van der Waals surface area contributed by atoms with Crippen LogP contribution in [-0.2, 0) is 15.1 Å². The normalized spacial score (nSPS) is 12.6. The topological polar surface area (TPSA) is 18.5 Å². The smallest absolute Gasteiger partial charge is 0.143 e. The molecule has 0 N–H and O–H groups in total. The third kappa shape index (κ3) is 5.81. The van der Waals surface area contributed by atoms with Crippen LogP contribution in [0.4, 0.5) is 0 Å². The number of benzene rings is 3. The number of halogens is 2. The molecule has 0 aliphatic carbocycles. The minimum absolute atomic E-state index is 0.0807. The van der Waals surface area contributed by atoms with Gasteiger partial charge in [-0.05, 0) is 23.1 Å². The zero-order chi connectivity index (χ0) is 20.4. The summed E-state index contributed by atoms with van der Waals surface area (Å²) >= 11 is 4.77. The first-order chi connectivity index (χ1) is 14.3. The van der Waals surface area contributed by atoms with Crippen molar-refractivity contribution in [2.75, 3.05) is 22.1 Å². The largest absolute Gasteiger partial charge is 0.375 e. The summed E-state index contributed by atoms with van der Waals surface area (Å²) in [5, 5.41) is 0. The zero-order valence-corrected chi connectivity index (χ0v) is 20.7. The summed E-state index contributed by atoms with van der Waals surface area (Å²) in [7, 11) is 0. The van der Waals surface area contributed by atoms with Crippen molar-refractivity contribution in [1.29, 1.82) is 0 Å². The molecule has 29 heavy (non-hydrogen) atoms. The summed E-state index contributed by atoms with van der Waals surface area (Å²) in [6.45, 7) is 1.29. The summed E-state index contributed by atoms with van der Waals surface area (Å²) in [6, 6.07) is 31.5. The Kier molecular flexibility index (Phi) is 9.42. The van der Waals surface area contributed by atoms with Gasteiger partial charge in [-0.2, -0.15) is 0 Å². The van der Waals surface area contributed by atoms with Crippen molar-refractivity contribution in [3.05, 3.63) is 108 Å². The molecule has 1 atom stereocenters. The first-order valence-corrected chi connectivity index (χ1v) is 12.9. The summed E-state index contributed by atoms with van der Waals surface area (Å²) in [5.74, 6) is 0. The molecule has 3 aromatic carbocycles. The van der Waals surface area contributed by atoms with Crippen LogP contribution in [0, 0.1) is 0 Å². The van der Waals surface area contributed by atoms with Gasteiger partial charge in [0.1, 0.15) is 5.60 Å². The highest BCUT2D eigenvalue weighted by atomic mass is 127. The minimum atomic E-state index is -0.680. The van der Waals surface area contributed by atoms with E-state index >= 15 is 0 Å². The molecule has 0 fully saturated rings. The SMILES string of the molecule is ICCO[C@@H](CCI)COC(c1ccccc1)(c1ccccc1)c1ccccc1. The Hall–Kier alpha value is -0.960. The molecule has 0 saturated carbocycles. The molecule has 0 heterocycles. The van der Waals surface area contributed by atoms with E-state index in [0.717, 1.165) is 38.6 Å². The summed E-state index contributed by atoms with van der Waals surface area (Å²) < 4.78 is 15.0. The fraction of sp³-hybridized carbons (Fsp3) is 0.280. The maximum atomic E-state index is 6.87. The summed E-state index contributed by atoms with van der Waals surface area (Å²) in [4.78, 5) is 0. The van der Waals surface area contributed by atoms with Gasteiger partial charge in [-0.3, -0.25) is 0 Å². The molecule has 0 aliphatic heterocycles. The van der Waals surface area contributed by atoms with Crippen molar-refractivity contribution in [3.63, 3.8) is 0 Å². The van der Waals surface area contributed by atoms with Crippen molar-refractivity contribution >= 4 is 45.2 Å². The van der Waals surface area contributed by atoms with E-state index in [1.807, 2.05) is 18.2 Å². The lowest BCUT2D eigenvalue weighted by atomic mass is 9.80. The van der Waals surface area contributed by atoms with Gasteiger partial charge in [0.25, 0.3) is 0 Å². The Bertz CT molecular complexity index is 729. The number of alkyl halides is 2. The molecule has 0 saturated heterocycles. The number of hydrogen-bond donors (Lipinski definition) is 0. The standard InChI is InChI=1S/C25H26I2O2/c26-17-16-24(28-19-18-27)20-29-25(21-10-4-1-5-11-21,22-12-6-2-7-13-22)23-14-8-3-9-15-23/h1-15,24H,16-20H2/t24-/m0/s1. The molecule has 0 aliphatic rings. The van der Waals surface area contributed by atoms with Crippen LogP contribution in [-0.4, -0.2) is 28.2 Å². The van der Waals surface area contributed by atoms with E-state index in [2.05, 4.69) is 118 Å².